The fourth-order valence-corrected chi connectivity index (χ4v) is 1.49. The van der Waals surface area contributed by atoms with Crippen molar-refractivity contribution in [2.75, 3.05) is 19.6 Å². The van der Waals surface area contributed by atoms with E-state index in [1.165, 1.54) is 0 Å². The summed E-state index contributed by atoms with van der Waals surface area (Å²) >= 11 is 0. The Kier molecular flexibility index (Phi) is 6.18. The van der Waals surface area contributed by atoms with Gasteiger partial charge in [0.2, 0.25) is 5.91 Å². The molecule has 0 aliphatic carbocycles. The molecule has 0 aliphatic heterocycles. The van der Waals surface area contributed by atoms with Crippen molar-refractivity contribution in [2.45, 2.75) is 6.42 Å². The zero-order valence-corrected chi connectivity index (χ0v) is 10.9. The van der Waals surface area contributed by atoms with Gasteiger partial charge in [-0.05, 0) is 30.7 Å². The second-order valence-electron chi connectivity index (χ2n) is 4.09. The number of carboxylic acid groups (broad SMARTS) is 1. The first-order valence-electron chi connectivity index (χ1n) is 6.08. The molecule has 1 rings (SSSR count). The molecule has 0 radical (unpaired) electrons. The predicted molar refractivity (Wildman–Crippen MR) is 72.2 cm³/mol. The number of aliphatic carboxylic acids is 1. The van der Waals surface area contributed by atoms with Crippen LogP contribution in [0.5, 0.6) is 0 Å². The monoisotopic (exact) mass is 279 g/mol. The van der Waals surface area contributed by atoms with E-state index in [9.17, 15) is 14.4 Å². The quantitative estimate of drug-likeness (QED) is 0.516. The van der Waals surface area contributed by atoms with Crippen LogP contribution in [0, 0.1) is 0 Å². The summed E-state index contributed by atoms with van der Waals surface area (Å²) < 4.78 is 0. The summed E-state index contributed by atoms with van der Waals surface area (Å²) in [6, 6.07) is 6.89. The van der Waals surface area contributed by atoms with Crippen LogP contribution in [0.25, 0.3) is 0 Å². The summed E-state index contributed by atoms with van der Waals surface area (Å²) in [7, 11) is 0. The summed E-state index contributed by atoms with van der Waals surface area (Å²) in [5, 5.41) is 12.9. The highest BCUT2D eigenvalue weighted by molar-refractivity contribution is 5.96. The number of hydrogen-bond donors (Lipinski definition) is 4. The Bertz CT molecular complexity index is 485. The molecule has 108 valence electrons. The third-order valence-corrected chi connectivity index (χ3v) is 2.50. The molecular formula is C13H17N3O4. The van der Waals surface area contributed by atoms with Crippen molar-refractivity contribution in [3.8, 4) is 0 Å². The van der Waals surface area contributed by atoms with Gasteiger partial charge in [0.1, 0.15) is 6.54 Å². The lowest BCUT2D eigenvalue weighted by Gasteiger charge is -2.06. The lowest BCUT2D eigenvalue weighted by atomic mass is 10.1. The van der Waals surface area contributed by atoms with Gasteiger partial charge in [0.15, 0.2) is 0 Å². The van der Waals surface area contributed by atoms with E-state index in [1.54, 1.807) is 24.3 Å². The number of carbonyl (C=O) groups is 3. The fourth-order valence-electron chi connectivity index (χ4n) is 1.49. The maximum atomic E-state index is 11.7. The van der Waals surface area contributed by atoms with Gasteiger partial charge in [-0.3, -0.25) is 14.4 Å². The molecule has 0 aromatic heterocycles. The first-order chi connectivity index (χ1) is 9.52. The number of nitrogens with two attached hydrogens (primary N) is 1. The first kappa shape index (κ1) is 15.6. The van der Waals surface area contributed by atoms with E-state index in [0.29, 0.717) is 12.1 Å². The van der Waals surface area contributed by atoms with Crippen molar-refractivity contribution in [3.63, 3.8) is 0 Å². The number of amides is 2. The van der Waals surface area contributed by atoms with Crippen LogP contribution in [0.3, 0.4) is 0 Å². The van der Waals surface area contributed by atoms with E-state index in [-0.39, 0.29) is 6.54 Å². The molecule has 1 aromatic rings. The second kappa shape index (κ2) is 7.90. The van der Waals surface area contributed by atoms with Crippen LogP contribution >= 0.6 is 0 Å². The second-order valence-corrected chi connectivity index (χ2v) is 4.09. The number of carboxylic acids is 1. The average molecular weight is 279 g/mol. The summed E-state index contributed by atoms with van der Waals surface area (Å²) in [5.41, 5.74) is 6.88. The molecule has 7 heteroatoms. The molecule has 0 unspecified atom stereocenters. The predicted octanol–water partition coefficient (Wildman–Crippen LogP) is -0.882. The minimum Gasteiger partial charge on any atom is -0.480 e. The molecule has 0 saturated heterocycles. The number of rotatable bonds is 7. The molecule has 0 heterocycles. The highest BCUT2D eigenvalue weighted by Crippen LogP contribution is 2.04. The van der Waals surface area contributed by atoms with Crippen molar-refractivity contribution < 1.29 is 19.5 Å². The normalized spacial score (nSPS) is 9.85. The van der Waals surface area contributed by atoms with Crippen molar-refractivity contribution in [3.05, 3.63) is 35.4 Å². The smallest absolute Gasteiger partial charge is 0.322 e. The topological polar surface area (TPSA) is 122 Å². The molecule has 5 N–H and O–H groups in total. The Morgan fingerprint density at radius 1 is 1.05 bits per heavy atom. The van der Waals surface area contributed by atoms with E-state index in [0.717, 1.165) is 12.0 Å². The molecular weight excluding hydrogens is 262 g/mol. The van der Waals surface area contributed by atoms with Gasteiger partial charge in [-0.1, -0.05) is 12.1 Å². The Balaban J connectivity index is 2.42. The Labute approximate surface area is 116 Å². The Morgan fingerprint density at radius 2 is 1.70 bits per heavy atom. The van der Waals surface area contributed by atoms with Gasteiger partial charge in [-0.2, -0.15) is 0 Å². The fraction of sp³-hybridized carbons (Fsp3) is 0.308. The highest BCUT2D eigenvalue weighted by atomic mass is 16.4. The van der Waals surface area contributed by atoms with Crippen LogP contribution in [-0.2, 0) is 16.0 Å². The third-order valence-electron chi connectivity index (χ3n) is 2.50. The zero-order chi connectivity index (χ0) is 15.0. The molecule has 7 nitrogen and oxygen atoms in total. The Hall–Kier alpha value is -2.41. The molecule has 1 aromatic carbocycles. The standard InChI is InChI=1S/C13H17N3O4/c14-6-5-9-1-3-10(4-2-9)13(20)16-7-11(17)15-8-12(18)19/h1-4H,5-8,14H2,(H,15,17)(H,16,20)(H,18,19). The van der Waals surface area contributed by atoms with Gasteiger partial charge in [0.25, 0.3) is 5.91 Å². The molecule has 2 amide bonds. The average Bonchev–Trinajstić information content (AvgIpc) is 2.43. The van der Waals surface area contributed by atoms with Gasteiger partial charge in [0.05, 0.1) is 6.54 Å². The summed E-state index contributed by atoms with van der Waals surface area (Å²) in [6.07, 6.45) is 0.736. The van der Waals surface area contributed by atoms with E-state index < -0.39 is 24.3 Å². The minimum absolute atomic E-state index is 0.267. The third kappa shape index (κ3) is 5.49. The molecule has 0 bridgehead atoms. The van der Waals surface area contributed by atoms with E-state index in [2.05, 4.69) is 10.6 Å². The maximum absolute atomic E-state index is 11.7. The van der Waals surface area contributed by atoms with Gasteiger partial charge >= 0.3 is 5.97 Å². The number of benzene rings is 1. The van der Waals surface area contributed by atoms with Gasteiger partial charge in [-0.15, -0.1) is 0 Å². The molecule has 0 atom stereocenters. The number of carbonyl (C=O) groups excluding carboxylic acids is 2. The lowest BCUT2D eigenvalue weighted by Crippen LogP contribution is -2.39. The molecule has 0 fully saturated rings. The SMILES string of the molecule is NCCc1ccc(C(=O)NCC(=O)NCC(=O)O)cc1. The number of hydrogen-bond acceptors (Lipinski definition) is 4. The summed E-state index contributed by atoms with van der Waals surface area (Å²) in [6.45, 7) is -0.200. The van der Waals surface area contributed by atoms with Gasteiger partial charge < -0.3 is 21.5 Å². The number of nitrogens with one attached hydrogen (secondary N) is 2. The highest BCUT2D eigenvalue weighted by Gasteiger charge is 2.08. The lowest BCUT2D eigenvalue weighted by molar-refractivity contribution is -0.137. The van der Waals surface area contributed by atoms with Crippen molar-refractivity contribution in [1.82, 2.24) is 10.6 Å². The van der Waals surface area contributed by atoms with Crippen molar-refractivity contribution in [1.29, 1.82) is 0 Å². The van der Waals surface area contributed by atoms with Crippen LogP contribution in [-0.4, -0.2) is 42.5 Å². The van der Waals surface area contributed by atoms with E-state index in [4.69, 9.17) is 10.8 Å². The van der Waals surface area contributed by atoms with Crippen molar-refractivity contribution >= 4 is 17.8 Å². The van der Waals surface area contributed by atoms with Crippen molar-refractivity contribution in [2.24, 2.45) is 5.73 Å². The van der Waals surface area contributed by atoms with E-state index in [1.807, 2.05) is 0 Å². The Morgan fingerprint density at radius 3 is 2.25 bits per heavy atom. The van der Waals surface area contributed by atoms with Crippen LogP contribution < -0.4 is 16.4 Å². The maximum Gasteiger partial charge on any atom is 0.322 e. The first-order valence-corrected chi connectivity index (χ1v) is 6.08. The van der Waals surface area contributed by atoms with Gasteiger partial charge in [-0.25, -0.2) is 0 Å². The molecule has 0 spiro atoms. The van der Waals surface area contributed by atoms with Gasteiger partial charge in [0, 0.05) is 5.56 Å². The van der Waals surface area contributed by atoms with Crippen LogP contribution in [0.1, 0.15) is 15.9 Å². The zero-order valence-electron chi connectivity index (χ0n) is 10.9. The summed E-state index contributed by atoms with van der Waals surface area (Å²) in [5.74, 6) is -2.09. The van der Waals surface area contributed by atoms with E-state index >= 15 is 0 Å². The minimum atomic E-state index is -1.14. The summed E-state index contributed by atoms with van der Waals surface area (Å²) in [4.78, 5) is 33.2. The van der Waals surface area contributed by atoms with Crippen LogP contribution in [0.4, 0.5) is 0 Å². The largest absolute Gasteiger partial charge is 0.480 e. The molecule has 0 aliphatic rings. The van der Waals surface area contributed by atoms with Crippen LogP contribution in [0.15, 0.2) is 24.3 Å². The molecule has 20 heavy (non-hydrogen) atoms. The molecule has 0 saturated carbocycles. The van der Waals surface area contributed by atoms with Crippen LogP contribution in [0.2, 0.25) is 0 Å².